The fraction of sp³-hybridized carbons (Fsp3) is 0.100. The van der Waals surface area contributed by atoms with Crippen molar-refractivity contribution in [3.63, 3.8) is 0 Å². The van der Waals surface area contributed by atoms with Gasteiger partial charge in [-0.05, 0) is 49.8 Å². The van der Waals surface area contributed by atoms with Crippen LogP contribution in [-0.2, 0) is 0 Å². The number of benzene rings is 1. The van der Waals surface area contributed by atoms with Gasteiger partial charge in [0.2, 0.25) is 0 Å². The van der Waals surface area contributed by atoms with E-state index in [4.69, 9.17) is 0 Å². The molecule has 0 aliphatic heterocycles. The van der Waals surface area contributed by atoms with Crippen molar-refractivity contribution in [1.29, 1.82) is 0 Å². The van der Waals surface area contributed by atoms with Crippen LogP contribution in [0.15, 0.2) is 73.5 Å². The Morgan fingerprint density at radius 1 is 1.23 bits per heavy atom. The van der Waals surface area contributed by atoms with Crippen LogP contribution in [-0.4, -0.2) is 0 Å². The highest BCUT2D eigenvalue weighted by Crippen LogP contribution is 2.34. The van der Waals surface area contributed by atoms with Crippen LogP contribution in [0.4, 0.5) is 5.69 Å². The lowest BCUT2D eigenvalue weighted by Crippen LogP contribution is -1.96. The van der Waals surface area contributed by atoms with Crippen LogP contribution in [0.25, 0.3) is 16.2 Å². The molecule has 1 N–H and O–H groups in total. The Balaban J connectivity index is 2.44. The molecule has 0 atom stereocenters. The molecule has 1 aromatic carbocycles. The summed E-state index contributed by atoms with van der Waals surface area (Å²) < 4.78 is 1.30. The van der Waals surface area contributed by atoms with Gasteiger partial charge in [-0.2, -0.15) is 0 Å². The smallest absolute Gasteiger partial charge is 0.0391 e. The Morgan fingerprint density at radius 2 is 2.05 bits per heavy atom. The molecule has 2 heteroatoms. The third kappa shape index (κ3) is 3.66. The van der Waals surface area contributed by atoms with Gasteiger partial charge in [-0.15, -0.1) is 11.3 Å². The van der Waals surface area contributed by atoms with Gasteiger partial charge in [0.25, 0.3) is 0 Å². The number of hydrogen-bond donors (Lipinski definition) is 1. The van der Waals surface area contributed by atoms with E-state index in [0.29, 0.717) is 0 Å². The van der Waals surface area contributed by atoms with Gasteiger partial charge in [-0.25, -0.2) is 0 Å². The molecule has 1 aromatic heterocycles. The summed E-state index contributed by atoms with van der Waals surface area (Å²) in [4.78, 5) is 1.32. The van der Waals surface area contributed by atoms with Gasteiger partial charge in [0.1, 0.15) is 0 Å². The summed E-state index contributed by atoms with van der Waals surface area (Å²) in [6.45, 7) is 11.7. The Morgan fingerprint density at radius 3 is 2.73 bits per heavy atom. The normalized spacial score (nSPS) is 12.4. The molecule has 0 bridgehead atoms. The van der Waals surface area contributed by atoms with Crippen molar-refractivity contribution < 1.29 is 0 Å². The average Bonchev–Trinajstić information content (AvgIpc) is 2.81. The first kappa shape index (κ1) is 16.1. The van der Waals surface area contributed by atoms with E-state index < -0.39 is 0 Å². The van der Waals surface area contributed by atoms with E-state index in [2.05, 4.69) is 49.7 Å². The highest BCUT2D eigenvalue weighted by molar-refractivity contribution is 7.19. The SMILES string of the molecule is C=C/C=C\c1c(C)sc2ccc(NC(/C=C\C)=C/C=C)cc12. The lowest BCUT2D eigenvalue weighted by Gasteiger charge is -2.07. The summed E-state index contributed by atoms with van der Waals surface area (Å²) in [5, 5.41) is 4.70. The van der Waals surface area contributed by atoms with Crippen LogP contribution in [0.2, 0.25) is 0 Å². The molecule has 0 amide bonds. The second-order valence-corrected chi connectivity index (χ2v) is 6.12. The molecule has 0 spiro atoms. The predicted octanol–water partition coefficient (Wildman–Crippen LogP) is 6.47. The van der Waals surface area contributed by atoms with E-state index in [1.165, 1.54) is 20.5 Å². The Kier molecular flexibility index (Phi) is 5.56. The molecule has 2 aromatic rings. The molecule has 0 aliphatic carbocycles. The lowest BCUT2D eigenvalue weighted by molar-refractivity contribution is 1.47. The third-order valence-corrected chi connectivity index (χ3v) is 4.35. The number of allylic oxidation sites excluding steroid dienone is 6. The topological polar surface area (TPSA) is 12.0 Å². The first-order valence-corrected chi connectivity index (χ1v) is 8.06. The molecule has 0 saturated heterocycles. The molecular weight excluding hydrogens is 286 g/mol. The second-order valence-electron chi connectivity index (χ2n) is 4.86. The minimum absolute atomic E-state index is 1.02. The number of aryl methyl sites for hydroxylation is 1. The molecule has 22 heavy (non-hydrogen) atoms. The third-order valence-electron chi connectivity index (χ3n) is 3.24. The molecule has 0 saturated carbocycles. The van der Waals surface area contributed by atoms with E-state index in [1.807, 2.05) is 48.6 Å². The molecule has 0 radical (unpaired) electrons. The van der Waals surface area contributed by atoms with Gasteiger partial charge in [0.05, 0.1) is 0 Å². The number of thiophene rings is 1. The highest BCUT2D eigenvalue weighted by Gasteiger charge is 2.07. The largest absolute Gasteiger partial charge is 0.356 e. The van der Waals surface area contributed by atoms with E-state index in [0.717, 1.165) is 11.4 Å². The fourth-order valence-electron chi connectivity index (χ4n) is 2.30. The summed E-state index contributed by atoms with van der Waals surface area (Å²) in [5.41, 5.74) is 3.36. The van der Waals surface area contributed by atoms with Gasteiger partial charge >= 0.3 is 0 Å². The quantitative estimate of drug-likeness (QED) is 0.603. The van der Waals surface area contributed by atoms with Crippen molar-refractivity contribution >= 4 is 33.2 Å². The van der Waals surface area contributed by atoms with Gasteiger partial charge in [-0.1, -0.05) is 43.5 Å². The van der Waals surface area contributed by atoms with Gasteiger partial charge in [0, 0.05) is 26.3 Å². The first-order chi connectivity index (χ1) is 10.7. The maximum Gasteiger partial charge on any atom is 0.0391 e. The summed E-state index contributed by atoms with van der Waals surface area (Å²) in [7, 11) is 0. The van der Waals surface area contributed by atoms with Crippen LogP contribution in [0, 0.1) is 6.92 Å². The molecule has 0 aliphatic rings. The number of fused-ring (bicyclic) bond motifs is 1. The van der Waals surface area contributed by atoms with E-state index in [9.17, 15) is 0 Å². The van der Waals surface area contributed by atoms with Crippen molar-refractivity contribution in [1.82, 2.24) is 0 Å². The maximum absolute atomic E-state index is 3.76. The zero-order valence-electron chi connectivity index (χ0n) is 13.1. The average molecular weight is 307 g/mol. The number of hydrogen-bond acceptors (Lipinski definition) is 2. The van der Waals surface area contributed by atoms with E-state index in [1.54, 1.807) is 6.08 Å². The molecule has 1 heterocycles. The predicted molar refractivity (Wildman–Crippen MR) is 103 cm³/mol. The molecule has 1 nitrogen and oxygen atoms in total. The van der Waals surface area contributed by atoms with Gasteiger partial charge in [0.15, 0.2) is 0 Å². The minimum atomic E-state index is 1.02. The van der Waals surface area contributed by atoms with Crippen molar-refractivity contribution in [3.05, 3.63) is 84.0 Å². The van der Waals surface area contributed by atoms with Crippen LogP contribution < -0.4 is 5.32 Å². The van der Waals surface area contributed by atoms with Gasteiger partial charge in [-0.3, -0.25) is 0 Å². The van der Waals surface area contributed by atoms with Crippen molar-refractivity contribution in [3.8, 4) is 0 Å². The number of anilines is 1. The highest BCUT2D eigenvalue weighted by atomic mass is 32.1. The molecule has 0 fully saturated rings. The van der Waals surface area contributed by atoms with Crippen molar-refractivity contribution in [2.75, 3.05) is 5.32 Å². The van der Waals surface area contributed by atoms with Crippen LogP contribution in [0.5, 0.6) is 0 Å². The van der Waals surface area contributed by atoms with E-state index >= 15 is 0 Å². The zero-order valence-corrected chi connectivity index (χ0v) is 13.9. The summed E-state index contributed by atoms with van der Waals surface area (Å²) >= 11 is 1.82. The maximum atomic E-state index is 3.76. The standard InChI is InChI=1S/C20H21NS/c1-5-8-11-18-15(4)22-20-13-12-17(14-19(18)20)21-16(9-6-2)10-7-3/h5-14,21H,1-2H2,3-4H3/b10-7-,11-8-,16-9+. The number of rotatable bonds is 6. The first-order valence-electron chi connectivity index (χ1n) is 7.24. The van der Waals surface area contributed by atoms with E-state index in [-0.39, 0.29) is 0 Å². The fourth-order valence-corrected chi connectivity index (χ4v) is 3.33. The Hall–Kier alpha value is -2.32. The molecule has 0 unspecified atom stereocenters. The molecule has 2 rings (SSSR count). The number of nitrogens with one attached hydrogen (secondary N) is 1. The van der Waals surface area contributed by atoms with Crippen LogP contribution >= 0.6 is 11.3 Å². The Bertz CT molecular complexity index is 772. The molecule has 112 valence electrons. The lowest BCUT2D eigenvalue weighted by atomic mass is 10.1. The van der Waals surface area contributed by atoms with Crippen LogP contribution in [0.1, 0.15) is 17.4 Å². The van der Waals surface area contributed by atoms with Crippen LogP contribution in [0.3, 0.4) is 0 Å². The summed E-state index contributed by atoms with van der Waals surface area (Å²) in [6.07, 6.45) is 13.7. The minimum Gasteiger partial charge on any atom is -0.356 e. The second kappa shape index (κ2) is 7.62. The Labute approximate surface area is 136 Å². The van der Waals surface area contributed by atoms with Gasteiger partial charge < -0.3 is 5.32 Å². The summed E-state index contributed by atoms with van der Waals surface area (Å²) in [5.74, 6) is 0. The monoisotopic (exact) mass is 307 g/mol. The van der Waals surface area contributed by atoms with Crippen molar-refractivity contribution in [2.45, 2.75) is 13.8 Å². The summed E-state index contributed by atoms with van der Waals surface area (Å²) in [6, 6.07) is 6.48. The zero-order chi connectivity index (χ0) is 15.9. The molecular formula is C20H21NS. The van der Waals surface area contributed by atoms with Crippen molar-refractivity contribution in [2.24, 2.45) is 0 Å².